The molecule has 0 fully saturated rings. The lowest BCUT2D eigenvalue weighted by atomic mass is 10.1. The van der Waals surface area contributed by atoms with Gasteiger partial charge in [-0.15, -0.1) is 0 Å². The zero-order chi connectivity index (χ0) is 16.4. The van der Waals surface area contributed by atoms with Crippen molar-refractivity contribution in [1.82, 2.24) is 0 Å². The highest BCUT2D eigenvalue weighted by Crippen LogP contribution is 2.21. The van der Waals surface area contributed by atoms with Crippen molar-refractivity contribution in [3.63, 3.8) is 0 Å². The van der Waals surface area contributed by atoms with Crippen LogP contribution in [0.1, 0.15) is 29.1 Å². The number of rotatable bonds is 3. The summed E-state index contributed by atoms with van der Waals surface area (Å²) >= 11 is 5.86. The molecule has 2 aromatic carbocycles. The molecule has 0 aliphatic rings. The Kier molecular flexibility index (Phi) is 4.17. The third-order valence-corrected chi connectivity index (χ3v) is 3.68. The highest BCUT2D eigenvalue weighted by molar-refractivity contribution is 6.31. The van der Waals surface area contributed by atoms with E-state index in [0.717, 1.165) is 11.6 Å². The van der Waals surface area contributed by atoms with Gasteiger partial charge in [0.05, 0.1) is 5.39 Å². The fraction of sp³-hybridized carbons (Fsp3) is 0.111. The molecule has 0 saturated heterocycles. The molecule has 0 aliphatic carbocycles. The molecule has 0 N–H and O–H groups in total. The van der Waals surface area contributed by atoms with Crippen LogP contribution in [0.2, 0.25) is 5.02 Å². The molecule has 4 nitrogen and oxygen atoms in total. The highest BCUT2D eigenvalue weighted by atomic mass is 35.5. The van der Waals surface area contributed by atoms with Crippen molar-refractivity contribution < 1.29 is 13.9 Å². The Morgan fingerprint density at radius 3 is 2.61 bits per heavy atom. The summed E-state index contributed by atoms with van der Waals surface area (Å²) in [5, 5.41) is 0.753. The second-order valence-corrected chi connectivity index (χ2v) is 5.51. The minimum Gasteiger partial charge on any atom is -0.452 e. The Morgan fingerprint density at radius 1 is 1.13 bits per heavy atom. The van der Waals surface area contributed by atoms with Crippen molar-refractivity contribution in [1.29, 1.82) is 0 Å². The van der Waals surface area contributed by atoms with E-state index in [4.69, 9.17) is 20.8 Å². The molecule has 0 spiro atoms. The largest absolute Gasteiger partial charge is 0.452 e. The molecule has 0 aliphatic heterocycles. The molecule has 116 valence electrons. The van der Waals surface area contributed by atoms with E-state index in [-0.39, 0.29) is 11.2 Å². The molecule has 0 bridgehead atoms. The van der Waals surface area contributed by atoms with Crippen molar-refractivity contribution in [3.8, 4) is 0 Å². The summed E-state index contributed by atoms with van der Waals surface area (Å²) in [7, 11) is 0. The molecule has 0 amide bonds. The van der Waals surface area contributed by atoms with Gasteiger partial charge in [-0.3, -0.25) is 4.79 Å². The average Bonchev–Trinajstić information content (AvgIpc) is 2.56. The van der Waals surface area contributed by atoms with Gasteiger partial charge in [-0.2, -0.15) is 0 Å². The van der Waals surface area contributed by atoms with Gasteiger partial charge in [-0.05, 0) is 30.7 Å². The first kappa shape index (κ1) is 15.3. The topological polar surface area (TPSA) is 56.5 Å². The van der Waals surface area contributed by atoms with Gasteiger partial charge in [-0.25, -0.2) is 4.79 Å². The molecule has 1 heterocycles. The number of carbonyl (C=O) groups is 1. The number of ether oxygens (including phenoxy) is 1. The summed E-state index contributed by atoms with van der Waals surface area (Å²) in [6.45, 7) is 1.76. The summed E-state index contributed by atoms with van der Waals surface area (Å²) < 4.78 is 10.8. The molecule has 23 heavy (non-hydrogen) atoms. The van der Waals surface area contributed by atoms with Crippen LogP contribution in [0.25, 0.3) is 11.0 Å². The van der Waals surface area contributed by atoms with Crippen molar-refractivity contribution in [2.45, 2.75) is 13.0 Å². The molecule has 0 radical (unpaired) electrons. The zero-order valence-corrected chi connectivity index (χ0v) is 13.0. The number of hydrogen-bond donors (Lipinski definition) is 0. The smallest absolute Gasteiger partial charge is 0.374 e. The summed E-state index contributed by atoms with van der Waals surface area (Å²) in [6, 6.07) is 15.1. The standard InChI is InChI=1S/C18H13ClO4/c1-11(12-5-3-2-4-6-12)22-18(21)17-10-15(20)14-9-13(19)7-8-16(14)23-17/h2-11H,1H3/t11-/m0/s1. The maximum Gasteiger partial charge on any atom is 0.374 e. The fourth-order valence-corrected chi connectivity index (χ4v) is 2.41. The predicted molar refractivity (Wildman–Crippen MR) is 87.8 cm³/mol. The van der Waals surface area contributed by atoms with Crippen LogP contribution in [0.5, 0.6) is 0 Å². The van der Waals surface area contributed by atoms with Crippen molar-refractivity contribution in [2.75, 3.05) is 0 Å². The van der Waals surface area contributed by atoms with E-state index in [2.05, 4.69) is 0 Å². The Hall–Kier alpha value is -2.59. The lowest BCUT2D eigenvalue weighted by molar-refractivity contribution is 0.0302. The normalized spacial score (nSPS) is 12.1. The van der Waals surface area contributed by atoms with Crippen LogP contribution >= 0.6 is 11.6 Å². The number of benzene rings is 2. The van der Waals surface area contributed by atoms with Crippen LogP contribution in [0.3, 0.4) is 0 Å². The lowest BCUT2D eigenvalue weighted by Crippen LogP contribution is -2.12. The maximum absolute atomic E-state index is 12.2. The van der Waals surface area contributed by atoms with Crippen LogP contribution in [-0.2, 0) is 4.74 Å². The molecule has 0 saturated carbocycles. The molecule has 1 aromatic heterocycles. The first-order valence-electron chi connectivity index (χ1n) is 7.04. The van der Waals surface area contributed by atoms with Crippen molar-refractivity contribution in [2.24, 2.45) is 0 Å². The van der Waals surface area contributed by atoms with Gasteiger partial charge >= 0.3 is 5.97 Å². The Labute approximate surface area is 137 Å². The lowest BCUT2D eigenvalue weighted by Gasteiger charge is -2.13. The van der Waals surface area contributed by atoms with Gasteiger partial charge < -0.3 is 9.15 Å². The number of carbonyl (C=O) groups excluding carboxylic acids is 1. The van der Waals surface area contributed by atoms with E-state index in [1.165, 1.54) is 6.07 Å². The summed E-state index contributed by atoms with van der Waals surface area (Å²) in [5.41, 5.74) is 0.810. The molecule has 5 heteroatoms. The SMILES string of the molecule is C[C@H](OC(=O)c1cc(=O)c2cc(Cl)ccc2o1)c1ccccc1. The van der Waals surface area contributed by atoms with Crippen molar-refractivity contribution in [3.05, 3.63) is 81.2 Å². The van der Waals surface area contributed by atoms with Crippen LogP contribution in [-0.4, -0.2) is 5.97 Å². The van der Waals surface area contributed by atoms with Gasteiger partial charge in [0, 0.05) is 11.1 Å². The summed E-state index contributed by atoms with van der Waals surface area (Å²) in [5.74, 6) is -0.817. The number of fused-ring (bicyclic) bond motifs is 1. The van der Waals surface area contributed by atoms with Crippen LogP contribution < -0.4 is 5.43 Å². The summed E-state index contributed by atoms with van der Waals surface area (Å²) in [6.07, 6.45) is -0.449. The van der Waals surface area contributed by atoms with E-state index < -0.39 is 12.1 Å². The van der Waals surface area contributed by atoms with Crippen LogP contribution in [0.15, 0.2) is 63.8 Å². The predicted octanol–water partition coefficient (Wildman–Crippen LogP) is 4.36. The van der Waals surface area contributed by atoms with Crippen LogP contribution in [0.4, 0.5) is 0 Å². The van der Waals surface area contributed by atoms with Crippen LogP contribution in [0, 0.1) is 0 Å². The fourth-order valence-electron chi connectivity index (χ4n) is 2.24. The minimum atomic E-state index is -0.685. The molecular weight excluding hydrogens is 316 g/mol. The van der Waals surface area contributed by atoms with Gasteiger partial charge in [0.25, 0.3) is 0 Å². The summed E-state index contributed by atoms with van der Waals surface area (Å²) in [4.78, 5) is 24.3. The number of hydrogen-bond acceptors (Lipinski definition) is 4. The van der Waals surface area contributed by atoms with E-state index in [0.29, 0.717) is 16.0 Å². The van der Waals surface area contributed by atoms with Gasteiger partial charge in [0.15, 0.2) is 5.43 Å². The minimum absolute atomic E-state index is 0.132. The van der Waals surface area contributed by atoms with E-state index in [9.17, 15) is 9.59 Å². The van der Waals surface area contributed by atoms with E-state index in [1.807, 2.05) is 30.3 Å². The molecule has 1 atom stereocenters. The number of halogens is 1. The van der Waals surface area contributed by atoms with Gasteiger partial charge in [-0.1, -0.05) is 41.9 Å². The highest BCUT2D eigenvalue weighted by Gasteiger charge is 2.17. The second-order valence-electron chi connectivity index (χ2n) is 5.07. The van der Waals surface area contributed by atoms with Gasteiger partial charge in [0.2, 0.25) is 5.76 Å². The monoisotopic (exact) mass is 328 g/mol. The quantitative estimate of drug-likeness (QED) is 0.670. The Morgan fingerprint density at radius 2 is 1.87 bits per heavy atom. The Bertz CT molecular complexity index is 915. The van der Waals surface area contributed by atoms with E-state index >= 15 is 0 Å². The van der Waals surface area contributed by atoms with Gasteiger partial charge in [0.1, 0.15) is 11.7 Å². The molecular formula is C18H13ClO4. The van der Waals surface area contributed by atoms with Crippen molar-refractivity contribution >= 4 is 28.5 Å². The zero-order valence-electron chi connectivity index (χ0n) is 12.3. The molecule has 3 aromatic rings. The first-order chi connectivity index (χ1) is 11.0. The van der Waals surface area contributed by atoms with E-state index in [1.54, 1.807) is 19.1 Å². The third-order valence-electron chi connectivity index (χ3n) is 3.44. The molecule has 3 rings (SSSR count). The Balaban J connectivity index is 1.89. The number of esters is 1. The second kappa shape index (κ2) is 6.26. The first-order valence-corrected chi connectivity index (χ1v) is 7.42. The third kappa shape index (κ3) is 3.27. The molecule has 0 unspecified atom stereocenters. The maximum atomic E-state index is 12.2. The average molecular weight is 329 g/mol.